The number of benzene rings is 1. The van der Waals surface area contributed by atoms with Crippen LogP contribution in [0.2, 0.25) is 0 Å². The highest BCUT2D eigenvalue weighted by molar-refractivity contribution is 5.85. The van der Waals surface area contributed by atoms with Gasteiger partial charge >= 0.3 is 0 Å². The number of nitrogens with zero attached hydrogens (tertiary/aromatic N) is 1. The zero-order valence-electron chi connectivity index (χ0n) is 15.0. The third-order valence-electron chi connectivity index (χ3n) is 4.54. The first-order chi connectivity index (χ1) is 11.6. The van der Waals surface area contributed by atoms with Gasteiger partial charge in [-0.2, -0.15) is 0 Å². The molecule has 0 aromatic heterocycles. The third kappa shape index (κ3) is 8.36. The normalized spacial score (nSPS) is 16.6. The second-order valence-corrected chi connectivity index (χ2v) is 6.53. The van der Waals surface area contributed by atoms with Crippen LogP contribution in [0.15, 0.2) is 30.3 Å². The Labute approximate surface area is 157 Å². The number of rotatable bonds is 8. The monoisotopic (exact) mass is 367 g/mol. The minimum Gasteiger partial charge on any atom is -0.356 e. The highest BCUT2D eigenvalue weighted by Crippen LogP contribution is 2.12. The SMILES string of the molecule is CC(=O)N(CCC(=O)NCCC1CCCNC1)Cc1ccccc1.Cl. The molecule has 0 spiro atoms. The molecule has 1 aliphatic rings. The highest BCUT2D eigenvalue weighted by atomic mass is 35.5. The Bertz CT molecular complexity index is 519. The van der Waals surface area contributed by atoms with Gasteiger partial charge in [-0.15, -0.1) is 12.4 Å². The fourth-order valence-corrected chi connectivity index (χ4v) is 3.06. The zero-order chi connectivity index (χ0) is 17.2. The van der Waals surface area contributed by atoms with Crippen LogP contribution in [0.5, 0.6) is 0 Å². The lowest BCUT2D eigenvalue weighted by atomic mass is 9.96. The predicted octanol–water partition coefficient (Wildman–Crippen LogP) is 2.35. The lowest BCUT2D eigenvalue weighted by Crippen LogP contribution is -2.35. The third-order valence-corrected chi connectivity index (χ3v) is 4.54. The minimum atomic E-state index is -0.0000620. The van der Waals surface area contributed by atoms with Gasteiger partial charge in [0.05, 0.1) is 0 Å². The van der Waals surface area contributed by atoms with Crippen LogP contribution in [-0.4, -0.2) is 42.9 Å². The number of hydrogen-bond acceptors (Lipinski definition) is 3. The number of amides is 2. The van der Waals surface area contributed by atoms with Crippen LogP contribution in [0.4, 0.5) is 0 Å². The Hall–Kier alpha value is -1.59. The summed E-state index contributed by atoms with van der Waals surface area (Å²) < 4.78 is 0. The molecule has 2 N–H and O–H groups in total. The van der Waals surface area contributed by atoms with E-state index in [-0.39, 0.29) is 24.2 Å². The maximum Gasteiger partial charge on any atom is 0.221 e. The van der Waals surface area contributed by atoms with Gasteiger partial charge in [-0.25, -0.2) is 0 Å². The first-order valence-corrected chi connectivity index (χ1v) is 8.92. The molecule has 1 saturated heterocycles. The van der Waals surface area contributed by atoms with Gasteiger partial charge < -0.3 is 15.5 Å². The summed E-state index contributed by atoms with van der Waals surface area (Å²) in [6.07, 6.45) is 3.86. The largest absolute Gasteiger partial charge is 0.356 e. The van der Waals surface area contributed by atoms with Crippen LogP contribution in [0.3, 0.4) is 0 Å². The molecule has 5 nitrogen and oxygen atoms in total. The molecule has 1 atom stereocenters. The molecular weight excluding hydrogens is 338 g/mol. The van der Waals surface area contributed by atoms with Gasteiger partial charge in [0.25, 0.3) is 0 Å². The maximum atomic E-state index is 12.0. The van der Waals surface area contributed by atoms with E-state index < -0.39 is 0 Å². The zero-order valence-corrected chi connectivity index (χ0v) is 15.8. The molecule has 6 heteroatoms. The molecule has 1 unspecified atom stereocenters. The first-order valence-electron chi connectivity index (χ1n) is 8.92. The summed E-state index contributed by atoms with van der Waals surface area (Å²) in [4.78, 5) is 25.5. The Morgan fingerprint density at radius 2 is 2.04 bits per heavy atom. The average molecular weight is 368 g/mol. The standard InChI is InChI=1S/C19H29N3O2.ClH/c1-16(23)22(15-18-6-3-2-4-7-18)13-10-19(24)21-12-9-17-8-5-11-20-14-17;/h2-4,6-7,17,20H,5,8-15H2,1H3,(H,21,24);1H. The van der Waals surface area contributed by atoms with E-state index in [9.17, 15) is 9.59 Å². The van der Waals surface area contributed by atoms with Gasteiger partial charge in [0, 0.05) is 33.0 Å². The topological polar surface area (TPSA) is 61.4 Å². The number of halogens is 1. The fourth-order valence-electron chi connectivity index (χ4n) is 3.06. The highest BCUT2D eigenvalue weighted by Gasteiger charge is 2.14. The lowest BCUT2D eigenvalue weighted by molar-refractivity contribution is -0.130. The van der Waals surface area contributed by atoms with Crippen molar-refractivity contribution >= 4 is 24.2 Å². The van der Waals surface area contributed by atoms with Crippen LogP contribution in [0.25, 0.3) is 0 Å². The maximum absolute atomic E-state index is 12.0. The summed E-state index contributed by atoms with van der Waals surface area (Å²) >= 11 is 0. The van der Waals surface area contributed by atoms with Crippen LogP contribution in [0.1, 0.15) is 38.2 Å². The van der Waals surface area contributed by atoms with Crippen molar-refractivity contribution < 1.29 is 9.59 Å². The number of carbonyl (C=O) groups excluding carboxylic acids is 2. The molecule has 1 heterocycles. The molecule has 1 aromatic carbocycles. The summed E-state index contributed by atoms with van der Waals surface area (Å²) in [7, 11) is 0. The number of piperidine rings is 1. The number of nitrogens with one attached hydrogen (secondary N) is 2. The minimum absolute atomic E-state index is 0. The molecule has 0 bridgehead atoms. The van der Waals surface area contributed by atoms with Gasteiger partial charge in [0.1, 0.15) is 0 Å². The predicted molar refractivity (Wildman–Crippen MR) is 103 cm³/mol. The van der Waals surface area contributed by atoms with Crippen molar-refractivity contribution in [3.05, 3.63) is 35.9 Å². The second-order valence-electron chi connectivity index (χ2n) is 6.53. The van der Waals surface area contributed by atoms with Crippen molar-refractivity contribution in [2.75, 3.05) is 26.2 Å². The first kappa shape index (κ1) is 21.5. The molecule has 0 aliphatic carbocycles. The van der Waals surface area contributed by atoms with Crippen LogP contribution < -0.4 is 10.6 Å². The summed E-state index contributed by atoms with van der Waals surface area (Å²) in [6.45, 7) is 5.47. The molecule has 0 saturated carbocycles. The van der Waals surface area contributed by atoms with Crippen molar-refractivity contribution in [1.29, 1.82) is 0 Å². The summed E-state index contributed by atoms with van der Waals surface area (Å²) in [5, 5.41) is 6.38. The Morgan fingerprint density at radius 1 is 1.28 bits per heavy atom. The smallest absolute Gasteiger partial charge is 0.221 e. The summed E-state index contributed by atoms with van der Waals surface area (Å²) in [5.74, 6) is 0.698. The van der Waals surface area contributed by atoms with E-state index in [1.807, 2.05) is 30.3 Å². The number of hydrogen-bond donors (Lipinski definition) is 2. The Balaban J connectivity index is 0.00000312. The summed E-state index contributed by atoms with van der Waals surface area (Å²) in [6, 6.07) is 9.86. The van der Waals surface area contributed by atoms with E-state index in [1.54, 1.807) is 11.8 Å². The van der Waals surface area contributed by atoms with Crippen LogP contribution in [-0.2, 0) is 16.1 Å². The van der Waals surface area contributed by atoms with Crippen molar-refractivity contribution in [3.63, 3.8) is 0 Å². The number of carbonyl (C=O) groups is 2. The van der Waals surface area contributed by atoms with E-state index in [2.05, 4.69) is 10.6 Å². The molecule has 0 radical (unpaired) electrons. The molecule has 140 valence electrons. The Morgan fingerprint density at radius 3 is 2.68 bits per heavy atom. The van der Waals surface area contributed by atoms with E-state index in [0.717, 1.165) is 31.6 Å². The van der Waals surface area contributed by atoms with Gasteiger partial charge in [0.15, 0.2) is 0 Å². The van der Waals surface area contributed by atoms with Crippen molar-refractivity contribution in [2.24, 2.45) is 5.92 Å². The van der Waals surface area contributed by atoms with Gasteiger partial charge in [-0.05, 0) is 43.8 Å². The Kier molecular flexibility index (Phi) is 10.2. The molecule has 1 aromatic rings. The molecule has 1 aliphatic heterocycles. The van der Waals surface area contributed by atoms with E-state index in [0.29, 0.717) is 25.4 Å². The van der Waals surface area contributed by atoms with Crippen LogP contribution in [0, 0.1) is 5.92 Å². The van der Waals surface area contributed by atoms with Gasteiger partial charge in [0.2, 0.25) is 11.8 Å². The van der Waals surface area contributed by atoms with Crippen molar-refractivity contribution in [3.8, 4) is 0 Å². The van der Waals surface area contributed by atoms with Crippen molar-refractivity contribution in [2.45, 2.75) is 39.2 Å². The molecular formula is C19H30ClN3O2. The van der Waals surface area contributed by atoms with Crippen LogP contribution >= 0.6 is 12.4 Å². The molecule has 2 rings (SSSR count). The van der Waals surface area contributed by atoms with E-state index in [4.69, 9.17) is 0 Å². The van der Waals surface area contributed by atoms with E-state index >= 15 is 0 Å². The van der Waals surface area contributed by atoms with E-state index in [1.165, 1.54) is 12.8 Å². The quantitative estimate of drug-likeness (QED) is 0.741. The van der Waals surface area contributed by atoms with Crippen molar-refractivity contribution in [1.82, 2.24) is 15.5 Å². The average Bonchev–Trinajstić information content (AvgIpc) is 2.60. The summed E-state index contributed by atoms with van der Waals surface area (Å²) in [5.41, 5.74) is 1.08. The molecule has 1 fully saturated rings. The molecule has 25 heavy (non-hydrogen) atoms. The van der Waals surface area contributed by atoms with Gasteiger partial charge in [-0.1, -0.05) is 30.3 Å². The lowest BCUT2D eigenvalue weighted by Gasteiger charge is -2.23. The second kappa shape index (κ2) is 11.9. The van der Waals surface area contributed by atoms with Gasteiger partial charge in [-0.3, -0.25) is 9.59 Å². The molecule has 2 amide bonds. The fraction of sp³-hybridized carbons (Fsp3) is 0.579.